The molecule has 0 bridgehead atoms. The summed E-state index contributed by atoms with van der Waals surface area (Å²) < 4.78 is 9.97. The van der Waals surface area contributed by atoms with Gasteiger partial charge in [-0.2, -0.15) is 0 Å². The maximum absolute atomic E-state index is 11.5. The smallest absolute Gasteiger partial charge is 0.336 e. The first-order chi connectivity index (χ1) is 10.0. The number of hydrogen-bond donors (Lipinski definition) is 0. The van der Waals surface area contributed by atoms with E-state index in [4.69, 9.17) is 16.3 Å². The zero-order valence-electron chi connectivity index (χ0n) is 11.5. The number of methoxy groups -OCH3 is 1. The van der Waals surface area contributed by atoms with Crippen molar-refractivity contribution in [1.82, 2.24) is 4.90 Å². The van der Waals surface area contributed by atoms with Crippen molar-refractivity contribution in [2.45, 2.75) is 12.6 Å². The Labute approximate surface area is 126 Å². The normalized spacial score (nSPS) is 19.2. The molecule has 1 aromatic carbocycles. The first-order valence-electron chi connectivity index (χ1n) is 6.36. The Balaban J connectivity index is 2.12. The van der Waals surface area contributed by atoms with Gasteiger partial charge in [0.2, 0.25) is 0 Å². The van der Waals surface area contributed by atoms with Crippen LogP contribution >= 0.6 is 11.6 Å². The molecule has 8 heteroatoms. The molecule has 1 unspecified atom stereocenters. The lowest BCUT2D eigenvalue weighted by molar-refractivity contribution is -0.385. The van der Waals surface area contributed by atoms with E-state index in [0.717, 1.165) is 0 Å². The van der Waals surface area contributed by atoms with Gasteiger partial charge in [-0.3, -0.25) is 15.0 Å². The second-order valence-electron chi connectivity index (χ2n) is 4.65. The summed E-state index contributed by atoms with van der Waals surface area (Å²) in [6, 6.07) is 4.44. The van der Waals surface area contributed by atoms with Crippen LogP contribution in [0.4, 0.5) is 5.69 Å². The number of esters is 1. The molecule has 1 saturated heterocycles. The van der Waals surface area contributed by atoms with Crippen LogP contribution in [0.5, 0.6) is 0 Å². The van der Waals surface area contributed by atoms with E-state index in [2.05, 4.69) is 4.74 Å². The Hall–Kier alpha value is -1.70. The first-order valence-corrected chi connectivity index (χ1v) is 6.73. The number of ether oxygens (including phenoxy) is 2. The summed E-state index contributed by atoms with van der Waals surface area (Å²) in [5, 5.41) is 11.5. The fourth-order valence-corrected chi connectivity index (χ4v) is 2.41. The van der Waals surface area contributed by atoms with E-state index in [0.29, 0.717) is 36.8 Å². The Morgan fingerprint density at radius 3 is 3.05 bits per heavy atom. The first kappa shape index (κ1) is 15.7. The average Bonchev–Trinajstić information content (AvgIpc) is 2.46. The van der Waals surface area contributed by atoms with Crippen molar-refractivity contribution in [2.24, 2.45) is 0 Å². The largest absolute Gasteiger partial charge is 0.467 e. The Morgan fingerprint density at radius 1 is 1.62 bits per heavy atom. The minimum Gasteiger partial charge on any atom is -0.467 e. The maximum Gasteiger partial charge on any atom is 0.336 e. The fraction of sp³-hybridized carbons (Fsp3) is 0.462. The molecule has 114 valence electrons. The van der Waals surface area contributed by atoms with E-state index in [1.807, 2.05) is 4.90 Å². The van der Waals surface area contributed by atoms with Crippen LogP contribution in [0.25, 0.3) is 0 Å². The van der Waals surface area contributed by atoms with Crippen molar-refractivity contribution >= 4 is 23.3 Å². The molecule has 0 N–H and O–H groups in total. The fourth-order valence-electron chi connectivity index (χ4n) is 2.22. The van der Waals surface area contributed by atoms with Gasteiger partial charge in [0.25, 0.3) is 5.69 Å². The number of carbonyl (C=O) groups is 1. The van der Waals surface area contributed by atoms with Crippen LogP contribution in [-0.2, 0) is 20.8 Å². The molecule has 1 atom stereocenters. The molecule has 1 aromatic rings. The van der Waals surface area contributed by atoms with E-state index >= 15 is 0 Å². The van der Waals surface area contributed by atoms with Crippen LogP contribution in [0.15, 0.2) is 18.2 Å². The Bertz CT molecular complexity index is 551. The predicted octanol–water partition coefficient (Wildman–Crippen LogP) is 1.62. The van der Waals surface area contributed by atoms with E-state index in [1.165, 1.54) is 19.2 Å². The van der Waals surface area contributed by atoms with Crippen LogP contribution in [0, 0.1) is 10.1 Å². The van der Waals surface area contributed by atoms with E-state index in [1.54, 1.807) is 6.07 Å². The van der Waals surface area contributed by atoms with Gasteiger partial charge in [-0.1, -0.05) is 11.6 Å². The maximum atomic E-state index is 11.5. The highest BCUT2D eigenvalue weighted by molar-refractivity contribution is 6.30. The lowest BCUT2D eigenvalue weighted by atomic mass is 10.1. The van der Waals surface area contributed by atoms with Gasteiger partial charge < -0.3 is 9.47 Å². The van der Waals surface area contributed by atoms with Crippen LogP contribution < -0.4 is 0 Å². The summed E-state index contributed by atoms with van der Waals surface area (Å²) in [5.41, 5.74) is 0.526. The van der Waals surface area contributed by atoms with Gasteiger partial charge >= 0.3 is 5.97 Å². The molecule has 0 radical (unpaired) electrons. The van der Waals surface area contributed by atoms with E-state index in [9.17, 15) is 14.9 Å². The number of halogens is 1. The molecule has 1 aliphatic heterocycles. The molecule has 1 aliphatic rings. The summed E-state index contributed by atoms with van der Waals surface area (Å²) in [6.45, 7) is 1.61. The number of nitrogens with zero attached hydrogens (tertiary/aromatic N) is 2. The second-order valence-corrected chi connectivity index (χ2v) is 5.08. The minimum absolute atomic E-state index is 0.0144. The third-order valence-electron chi connectivity index (χ3n) is 3.25. The molecular formula is C13H15ClN2O5. The predicted molar refractivity (Wildman–Crippen MR) is 75.1 cm³/mol. The molecule has 0 aliphatic carbocycles. The third kappa shape index (κ3) is 3.90. The van der Waals surface area contributed by atoms with E-state index in [-0.39, 0.29) is 5.69 Å². The highest BCUT2D eigenvalue weighted by atomic mass is 35.5. The van der Waals surface area contributed by atoms with Crippen molar-refractivity contribution < 1.29 is 19.2 Å². The topological polar surface area (TPSA) is 81.9 Å². The third-order valence-corrected chi connectivity index (χ3v) is 3.48. The van der Waals surface area contributed by atoms with Crippen molar-refractivity contribution in [1.29, 1.82) is 0 Å². The van der Waals surface area contributed by atoms with Gasteiger partial charge in [0.05, 0.1) is 18.6 Å². The average molecular weight is 315 g/mol. The molecule has 7 nitrogen and oxygen atoms in total. The highest BCUT2D eigenvalue weighted by Gasteiger charge is 2.28. The lowest BCUT2D eigenvalue weighted by Gasteiger charge is -2.31. The van der Waals surface area contributed by atoms with Crippen molar-refractivity contribution in [3.63, 3.8) is 0 Å². The quantitative estimate of drug-likeness (QED) is 0.477. The zero-order chi connectivity index (χ0) is 15.4. The van der Waals surface area contributed by atoms with Crippen molar-refractivity contribution in [3.05, 3.63) is 38.9 Å². The standard InChI is InChI=1S/C13H15ClN2O5/c1-20-13(17)12-8-15(4-5-21-12)7-9-6-10(14)2-3-11(9)16(18)19/h2-3,6,12H,4-5,7-8H2,1H3. The summed E-state index contributed by atoms with van der Waals surface area (Å²) in [6.07, 6.45) is -0.665. The number of nitro benzene ring substituents is 1. The molecule has 1 fully saturated rings. The second kappa shape index (κ2) is 6.84. The Morgan fingerprint density at radius 2 is 2.38 bits per heavy atom. The number of morpholine rings is 1. The van der Waals surface area contributed by atoms with Gasteiger partial charge in [0, 0.05) is 36.3 Å². The molecule has 1 heterocycles. The van der Waals surface area contributed by atoms with Crippen molar-refractivity contribution in [3.8, 4) is 0 Å². The lowest BCUT2D eigenvalue weighted by Crippen LogP contribution is -2.46. The summed E-state index contributed by atoms with van der Waals surface area (Å²) in [7, 11) is 1.30. The minimum atomic E-state index is -0.665. The Kier molecular flexibility index (Phi) is 5.11. The van der Waals surface area contributed by atoms with Gasteiger partial charge in [0.15, 0.2) is 6.10 Å². The molecule has 0 aromatic heterocycles. The molecule has 21 heavy (non-hydrogen) atoms. The van der Waals surface area contributed by atoms with Crippen LogP contribution in [0.1, 0.15) is 5.56 Å². The zero-order valence-corrected chi connectivity index (χ0v) is 12.2. The monoisotopic (exact) mass is 314 g/mol. The highest BCUT2D eigenvalue weighted by Crippen LogP contribution is 2.24. The number of rotatable bonds is 4. The van der Waals surface area contributed by atoms with Gasteiger partial charge in [0.1, 0.15) is 0 Å². The number of hydrogen-bond acceptors (Lipinski definition) is 6. The molecule has 0 spiro atoms. The molecule has 0 amide bonds. The number of carbonyl (C=O) groups excluding carboxylic acids is 1. The van der Waals surface area contributed by atoms with E-state index < -0.39 is 17.0 Å². The number of benzene rings is 1. The molecular weight excluding hydrogens is 300 g/mol. The number of nitro groups is 1. The SMILES string of the molecule is COC(=O)C1CN(Cc2cc(Cl)ccc2[N+](=O)[O-])CCO1. The van der Waals surface area contributed by atoms with Crippen LogP contribution in [0.3, 0.4) is 0 Å². The van der Waals surface area contributed by atoms with Crippen LogP contribution in [0.2, 0.25) is 5.02 Å². The summed E-state index contributed by atoms with van der Waals surface area (Å²) in [4.78, 5) is 24.0. The van der Waals surface area contributed by atoms with Gasteiger partial charge in [-0.15, -0.1) is 0 Å². The molecule has 2 rings (SSSR count). The molecule has 0 saturated carbocycles. The van der Waals surface area contributed by atoms with Crippen LogP contribution in [-0.4, -0.2) is 48.7 Å². The van der Waals surface area contributed by atoms with Gasteiger partial charge in [-0.25, -0.2) is 4.79 Å². The van der Waals surface area contributed by atoms with Crippen molar-refractivity contribution in [2.75, 3.05) is 26.8 Å². The van der Waals surface area contributed by atoms with Gasteiger partial charge in [-0.05, 0) is 12.1 Å². The summed E-state index contributed by atoms with van der Waals surface area (Å²) >= 11 is 5.90. The summed E-state index contributed by atoms with van der Waals surface area (Å²) in [5.74, 6) is -0.444.